The van der Waals surface area contributed by atoms with Crippen molar-refractivity contribution >= 4 is 0 Å². The van der Waals surface area contributed by atoms with Crippen molar-refractivity contribution < 1.29 is 4.74 Å². The molecule has 0 atom stereocenters. The third-order valence-corrected chi connectivity index (χ3v) is 4.33. The van der Waals surface area contributed by atoms with E-state index in [0.29, 0.717) is 5.41 Å². The Balaban J connectivity index is 2.02. The van der Waals surface area contributed by atoms with Gasteiger partial charge in [-0.2, -0.15) is 0 Å². The van der Waals surface area contributed by atoms with E-state index in [2.05, 4.69) is 37.1 Å². The minimum Gasteiger partial charge on any atom is -0.496 e. The van der Waals surface area contributed by atoms with Crippen molar-refractivity contribution in [2.24, 2.45) is 11.1 Å². The molecule has 1 aromatic carbocycles. The summed E-state index contributed by atoms with van der Waals surface area (Å²) in [7, 11) is 3.92. The molecule has 1 aliphatic carbocycles. The predicted octanol–water partition coefficient (Wildman–Crippen LogP) is 2.56. The molecule has 3 nitrogen and oxygen atoms in total. The lowest BCUT2D eigenvalue weighted by Crippen LogP contribution is -2.45. The SMILES string of the molecule is COc1ccc(C)cc1CN(C)CC1(CN)CCC1. The number of hydrogen-bond acceptors (Lipinski definition) is 3. The third kappa shape index (κ3) is 3.28. The van der Waals surface area contributed by atoms with Crippen LogP contribution in [0.25, 0.3) is 0 Å². The highest BCUT2D eigenvalue weighted by molar-refractivity contribution is 5.36. The first kappa shape index (κ1) is 14.4. The van der Waals surface area contributed by atoms with Gasteiger partial charge in [0.2, 0.25) is 0 Å². The van der Waals surface area contributed by atoms with Crippen LogP contribution in [0.2, 0.25) is 0 Å². The first-order chi connectivity index (χ1) is 9.08. The van der Waals surface area contributed by atoms with Crippen LogP contribution in [0.1, 0.15) is 30.4 Å². The fourth-order valence-corrected chi connectivity index (χ4v) is 3.05. The van der Waals surface area contributed by atoms with Crippen molar-refractivity contribution in [1.82, 2.24) is 4.90 Å². The van der Waals surface area contributed by atoms with Crippen molar-refractivity contribution in [3.63, 3.8) is 0 Å². The van der Waals surface area contributed by atoms with Crippen molar-refractivity contribution in [3.05, 3.63) is 29.3 Å². The van der Waals surface area contributed by atoms with Gasteiger partial charge in [0.25, 0.3) is 0 Å². The maximum Gasteiger partial charge on any atom is 0.123 e. The zero-order valence-electron chi connectivity index (χ0n) is 12.4. The van der Waals surface area contributed by atoms with Gasteiger partial charge in [-0.25, -0.2) is 0 Å². The molecule has 0 aromatic heterocycles. The Morgan fingerprint density at radius 2 is 2.11 bits per heavy atom. The number of aryl methyl sites for hydroxylation is 1. The van der Waals surface area contributed by atoms with Crippen LogP contribution in [-0.4, -0.2) is 32.1 Å². The first-order valence-corrected chi connectivity index (χ1v) is 7.11. The Labute approximate surface area is 116 Å². The van der Waals surface area contributed by atoms with Crippen LogP contribution in [0.5, 0.6) is 5.75 Å². The van der Waals surface area contributed by atoms with Crippen LogP contribution in [0.4, 0.5) is 0 Å². The van der Waals surface area contributed by atoms with Crippen molar-refractivity contribution in [2.75, 3.05) is 27.2 Å². The lowest BCUT2D eigenvalue weighted by molar-refractivity contribution is 0.0841. The molecule has 0 unspecified atom stereocenters. The van der Waals surface area contributed by atoms with Gasteiger partial charge in [0.15, 0.2) is 0 Å². The molecule has 0 spiro atoms. The summed E-state index contributed by atoms with van der Waals surface area (Å²) in [5.41, 5.74) is 8.85. The average molecular weight is 262 g/mol. The Morgan fingerprint density at radius 1 is 1.37 bits per heavy atom. The van der Waals surface area contributed by atoms with Crippen molar-refractivity contribution in [1.29, 1.82) is 0 Å². The molecular weight excluding hydrogens is 236 g/mol. The fraction of sp³-hybridized carbons (Fsp3) is 0.625. The Morgan fingerprint density at radius 3 is 2.63 bits per heavy atom. The number of nitrogens with zero attached hydrogens (tertiary/aromatic N) is 1. The second-order valence-electron chi connectivity index (χ2n) is 6.05. The highest BCUT2D eigenvalue weighted by atomic mass is 16.5. The zero-order valence-corrected chi connectivity index (χ0v) is 12.4. The summed E-state index contributed by atoms with van der Waals surface area (Å²) in [5.74, 6) is 0.979. The predicted molar refractivity (Wildman–Crippen MR) is 79.4 cm³/mol. The van der Waals surface area contributed by atoms with Gasteiger partial charge in [0.1, 0.15) is 5.75 Å². The molecule has 19 heavy (non-hydrogen) atoms. The van der Waals surface area contributed by atoms with Crippen LogP contribution in [-0.2, 0) is 6.54 Å². The molecule has 1 aromatic rings. The highest BCUT2D eigenvalue weighted by Crippen LogP contribution is 2.40. The van der Waals surface area contributed by atoms with Gasteiger partial charge < -0.3 is 15.4 Å². The molecule has 2 rings (SSSR count). The number of ether oxygens (including phenoxy) is 1. The molecule has 0 amide bonds. The Bertz CT molecular complexity index is 421. The third-order valence-electron chi connectivity index (χ3n) is 4.33. The van der Waals surface area contributed by atoms with Crippen LogP contribution in [0.15, 0.2) is 18.2 Å². The van der Waals surface area contributed by atoms with Gasteiger partial charge in [-0.3, -0.25) is 0 Å². The first-order valence-electron chi connectivity index (χ1n) is 7.11. The minimum absolute atomic E-state index is 0.367. The van der Waals surface area contributed by atoms with Gasteiger partial charge in [0, 0.05) is 18.7 Å². The summed E-state index contributed by atoms with van der Waals surface area (Å²) in [6, 6.07) is 6.36. The van der Waals surface area contributed by atoms with E-state index < -0.39 is 0 Å². The summed E-state index contributed by atoms with van der Waals surface area (Å²) in [4.78, 5) is 2.38. The van der Waals surface area contributed by atoms with E-state index in [-0.39, 0.29) is 0 Å². The summed E-state index contributed by atoms with van der Waals surface area (Å²) in [5, 5.41) is 0. The summed E-state index contributed by atoms with van der Waals surface area (Å²) < 4.78 is 5.45. The van der Waals surface area contributed by atoms with E-state index in [1.54, 1.807) is 7.11 Å². The number of rotatable bonds is 6. The fourth-order valence-electron chi connectivity index (χ4n) is 3.05. The number of methoxy groups -OCH3 is 1. The molecule has 0 radical (unpaired) electrons. The van der Waals surface area contributed by atoms with Gasteiger partial charge >= 0.3 is 0 Å². The van der Waals surface area contributed by atoms with Crippen LogP contribution >= 0.6 is 0 Å². The standard InChI is InChI=1S/C16H26N2O/c1-13-5-6-15(19-3)14(9-13)10-18(2)12-16(11-17)7-4-8-16/h5-6,9H,4,7-8,10-12,17H2,1-3H3. The topological polar surface area (TPSA) is 38.5 Å². The largest absolute Gasteiger partial charge is 0.496 e. The van der Waals surface area contributed by atoms with E-state index in [1.807, 2.05) is 0 Å². The number of nitrogens with two attached hydrogens (primary N) is 1. The Kier molecular flexibility index (Phi) is 4.48. The van der Waals surface area contributed by atoms with E-state index in [9.17, 15) is 0 Å². The van der Waals surface area contributed by atoms with Gasteiger partial charge in [-0.05, 0) is 44.8 Å². The molecular formula is C16H26N2O. The highest BCUT2D eigenvalue weighted by Gasteiger charge is 2.36. The summed E-state index contributed by atoms with van der Waals surface area (Å²) >= 11 is 0. The van der Waals surface area contributed by atoms with E-state index in [1.165, 1.54) is 30.4 Å². The van der Waals surface area contributed by atoms with Crippen LogP contribution < -0.4 is 10.5 Å². The lowest BCUT2D eigenvalue weighted by Gasteiger charge is -2.43. The van der Waals surface area contributed by atoms with Crippen LogP contribution in [0, 0.1) is 12.3 Å². The second kappa shape index (κ2) is 5.93. The molecule has 0 heterocycles. The molecule has 0 saturated heterocycles. The van der Waals surface area contributed by atoms with Crippen molar-refractivity contribution in [2.45, 2.75) is 32.7 Å². The maximum absolute atomic E-state index is 5.94. The monoisotopic (exact) mass is 262 g/mol. The molecule has 1 saturated carbocycles. The van der Waals surface area contributed by atoms with Gasteiger partial charge in [0.05, 0.1) is 7.11 Å². The molecule has 0 aliphatic heterocycles. The van der Waals surface area contributed by atoms with Crippen LogP contribution in [0.3, 0.4) is 0 Å². The molecule has 1 fully saturated rings. The van der Waals surface area contributed by atoms with E-state index in [4.69, 9.17) is 10.5 Å². The van der Waals surface area contributed by atoms with E-state index in [0.717, 1.165) is 25.4 Å². The molecule has 3 heteroatoms. The van der Waals surface area contributed by atoms with Crippen molar-refractivity contribution in [3.8, 4) is 5.75 Å². The van der Waals surface area contributed by atoms with E-state index >= 15 is 0 Å². The summed E-state index contributed by atoms with van der Waals surface area (Å²) in [6.45, 7) is 4.94. The maximum atomic E-state index is 5.94. The molecule has 2 N–H and O–H groups in total. The average Bonchev–Trinajstić information content (AvgIpc) is 2.34. The normalized spacial score (nSPS) is 17.3. The second-order valence-corrected chi connectivity index (χ2v) is 6.05. The zero-order chi connectivity index (χ0) is 13.9. The minimum atomic E-state index is 0.367. The lowest BCUT2D eigenvalue weighted by atomic mass is 9.68. The molecule has 1 aliphatic rings. The quantitative estimate of drug-likeness (QED) is 0.856. The van der Waals surface area contributed by atoms with Gasteiger partial charge in [-0.15, -0.1) is 0 Å². The summed E-state index contributed by atoms with van der Waals surface area (Å²) in [6.07, 6.45) is 3.89. The van der Waals surface area contributed by atoms with Gasteiger partial charge in [-0.1, -0.05) is 24.1 Å². The number of benzene rings is 1. The number of hydrogen-bond donors (Lipinski definition) is 1. The molecule has 106 valence electrons. The molecule has 0 bridgehead atoms. The Hall–Kier alpha value is -1.06. The smallest absolute Gasteiger partial charge is 0.123 e.